The van der Waals surface area contributed by atoms with Crippen LogP contribution in [0.5, 0.6) is 0 Å². The Morgan fingerprint density at radius 1 is 1.25 bits per heavy atom. The summed E-state index contributed by atoms with van der Waals surface area (Å²) in [6.07, 6.45) is 0. The number of fused-ring (bicyclic) bond motifs is 4. The second-order valence-electron chi connectivity index (χ2n) is 6.63. The van der Waals surface area contributed by atoms with E-state index in [0.717, 1.165) is 39.0 Å². The minimum Gasteiger partial charge on any atom is -0.380 e. The molecule has 4 rings (SSSR count). The van der Waals surface area contributed by atoms with Crippen LogP contribution in [0, 0.1) is 0 Å². The Hall–Kier alpha value is -2.46. The van der Waals surface area contributed by atoms with E-state index in [-0.39, 0.29) is 11.5 Å². The highest BCUT2D eigenvalue weighted by atomic mass is 16.5. The van der Waals surface area contributed by atoms with E-state index in [1.165, 1.54) is 0 Å². The van der Waals surface area contributed by atoms with Crippen LogP contribution in [-0.4, -0.2) is 16.7 Å². The fraction of sp³-hybridized carbons (Fsp3) is 0.300. The van der Waals surface area contributed by atoms with Crippen LogP contribution in [0.4, 0.5) is 0 Å². The summed E-state index contributed by atoms with van der Waals surface area (Å²) in [5.41, 5.74) is 5.77. The fourth-order valence-electron chi connectivity index (χ4n) is 3.54. The summed E-state index contributed by atoms with van der Waals surface area (Å²) in [5, 5.41) is 1.11. The molecule has 0 atom stereocenters. The number of para-hydroxylation sites is 1. The van der Waals surface area contributed by atoms with Gasteiger partial charge in [0.15, 0.2) is 0 Å². The lowest BCUT2D eigenvalue weighted by Crippen LogP contribution is -2.25. The van der Waals surface area contributed by atoms with E-state index in [1.807, 2.05) is 22.8 Å². The van der Waals surface area contributed by atoms with Gasteiger partial charge in [-0.2, -0.15) is 0 Å². The van der Waals surface area contributed by atoms with Crippen LogP contribution < -0.4 is 5.56 Å². The lowest BCUT2D eigenvalue weighted by atomic mass is 9.97. The van der Waals surface area contributed by atoms with Gasteiger partial charge in [-0.25, -0.2) is 4.98 Å². The summed E-state index contributed by atoms with van der Waals surface area (Å²) < 4.78 is 7.10. The van der Waals surface area contributed by atoms with Gasteiger partial charge in [0.2, 0.25) is 0 Å². The van der Waals surface area contributed by atoms with Gasteiger partial charge >= 0.3 is 0 Å². The molecule has 0 N–H and O–H groups in total. The maximum atomic E-state index is 13.0. The second kappa shape index (κ2) is 5.56. The molecule has 0 saturated carbocycles. The minimum absolute atomic E-state index is 0.0418. The first-order valence-corrected chi connectivity index (χ1v) is 8.24. The van der Waals surface area contributed by atoms with Crippen molar-refractivity contribution in [3.8, 4) is 11.4 Å². The molecule has 1 aromatic carbocycles. The second-order valence-corrected chi connectivity index (χ2v) is 6.63. The molecule has 0 bridgehead atoms. The Bertz CT molecular complexity index is 1000. The third-order valence-corrected chi connectivity index (χ3v) is 4.72. The predicted octanol–water partition coefficient (Wildman–Crippen LogP) is 3.70. The minimum atomic E-state index is 0.0418. The maximum Gasteiger partial charge on any atom is 0.257 e. The molecule has 2 aromatic heterocycles. The highest BCUT2D eigenvalue weighted by Gasteiger charge is 2.25. The van der Waals surface area contributed by atoms with Crippen LogP contribution in [0.15, 0.2) is 41.2 Å². The Balaban J connectivity index is 1.99. The third kappa shape index (κ3) is 2.18. The van der Waals surface area contributed by atoms with Crippen molar-refractivity contribution in [1.82, 2.24) is 9.55 Å². The number of benzene rings is 1. The maximum absolute atomic E-state index is 13.0. The molecule has 0 spiro atoms. The molecule has 0 unspecified atom stereocenters. The molecule has 0 amide bonds. The zero-order valence-corrected chi connectivity index (χ0v) is 14.2. The van der Waals surface area contributed by atoms with E-state index in [9.17, 15) is 4.79 Å². The Labute approximate surface area is 140 Å². The van der Waals surface area contributed by atoms with E-state index in [2.05, 4.69) is 32.0 Å². The summed E-state index contributed by atoms with van der Waals surface area (Å²) in [6.45, 7) is 5.14. The molecule has 1 aliphatic heterocycles. The van der Waals surface area contributed by atoms with Crippen LogP contribution in [0.1, 0.15) is 36.5 Å². The Morgan fingerprint density at radius 2 is 2.04 bits per heavy atom. The van der Waals surface area contributed by atoms with Gasteiger partial charge in [-0.15, -0.1) is 0 Å². The molecule has 0 aliphatic carbocycles. The number of rotatable bonds is 3. The standard InChI is InChI=1S/C20H20N2O2/c1-12(2)15-9-18-19-14(8-13-6-4-5-7-17(13)21-19)10-22(18)20(23)16(15)11-24-3/h4-9,12H,10-11H2,1-3H3. The van der Waals surface area contributed by atoms with E-state index in [0.29, 0.717) is 13.2 Å². The number of aromatic nitrogens is 2. The molecule has 0 saturated heterocycles. The Kier molecular flexibility index (Phi) is 3.50. The quantitative estimate of drug-likeness (QED) is 0.578. The van der Waals surface area contributed by atoms with Crippen LogP contribution >= 0.6 is 0 Å². The smallest absolute Gasteiger partial charge is 0.257 e. The number of pyridine rings is 2. The van der Waals surface area contributed by atoms with Gasteiger partial charge in [-0.1, -0.05) is 32.0 Å². The normalized spacial score (nSPS) is 12.7. The first-order chi connectivity index (χ1) is 11.6. The summed E-state index contributed by atoms with van der Waals surface area (Å²) in [5.74, 6) is 0.262. The molecule has 4 heteroatoms. The number of hydrogen-bond donors (Lipinski definition) is 0. The molecule has 0 radical (unpaired) electrons. The first kappa shape index (κ1) is 15.1. The number of ether oxygens (including phenoxy) is 1. The lowest BCUT2D eigenvalue weighted by molar-refractivity contribution is 0.182. The van der Waals surface area contributed by atoms with Gasteiger partial charge in [0.05, 0.1) is 30.1 Å². The van der Waals surface area contributed by atoms with Crippen LogP contribution in [0.25, 0.3) is 22.3 Å². The van der Waals surface area contributed by atoms with Crippen molar-refractivity contribution in [2.75, 3.05) is 7.11 Å². The lowest BCUT2D eigenvalue weighted by Gasteiger charge is -2.15. The zero-order chi connectivity index (χ0) is 16.8. The summed E-state index contributed by atoms with van der Waals surface area (Å²) >= 11 is 0. The number of nitrogens with zero attached hydrogens (tertiary/aromatic N) is 2. The third-order valence-electron chi connectivity index (χ3n) is 4.72. The molecule has 0 fully saturated rings. The number of hydrogen-bond acceptors (Lipinski definition) is 3. The van der Waals surface area contributed by atoms with Crippen molar-refractivity contribution in [3.63, 3.8) is 0 Å². The SMILES string of the molecule is COCc1c(C(C)C)cc2n(c1=O)Cc1cc3ccccc3nc1-2. The molecule has 24 heavy (non-hydrogen) atoms. The fourth-order valence-corrected chi connectivity index (χ4v) is 3.54. The van der Waals surface area contributed by atoms with E-state index in [4.69, 9.17) is 9.72 Å². The van der Waals surface area contributed by atoms with Gasteiger partial charge in [0.25, 0.3) is 5.56 Å². The van der Waals surface area contributed by atoms with Gasteiger partial charge in [0.1, 0.15) is 0 Å². The van der Waals surface area contributed by atoms with Gasteiger partial charge in [0, 0.05) is 23.6 Å². The van der Waals surface area contributed by atoms with Crippen LogP contribution in [0.3, 0.4) is 0 Å². The van der Waals surface area contributed by atoms with Crippen molar-refractivity contribution < 1.29 is 4.74 Å². The summed E-state index contributed by atoms with van der Waals surface area (Å²) in [6, 6.07) is 12.3. The van der Waals surface area contributed by atoms with Gasteiger partial charge in [-0.3, -0.25) is 4.79 Å². The van der Waals surface area contributed by atoms with Gasteiger partial charge < -0.3 is 9.30 Å². The predicted molar refractivity (Wildman–Crippen MR) is 95.3 cm³/mol. The monoisotopic (exact) mass is 320 g/mol. The largest absolute Gasteiger partial charge is 0.380 e. The van der Waals surface area contributed by atoms with E-state index >= 15 is 0 Å². The van der Waals surface area contributed by atoms with Crippen molar-refractivity contribution in [3.05, 3.63) is 63.4 Å². The van der Waals surface area contributed by atoms with Crippen LogP contribution in [-0.2, 0) is 17.9 Å². The molecule has 3 heterocycles. The zero-order valence-electron chi connectivity index (χ0n) is 14.2. The van der Waals surface area contributed by atoms with E-state index in [1.54, 1.807) is 7.11 Å². The molecular formula is C20H20N2O2. The average Bonchev–Trinajstić information content (AvgIpc) is 2.93. The molecular weight excluding hydrogens is 300 g/mol. The summed E-state index contributed by atoms with van der Waals surface area (Å²) in [7, 11) is 1.63. The van der Waals surface area contributed by atoms with Crippen LogP contribution in [0.2, 0.25) is 0 Å². The average molecular weight is 320 g/mol. The summed E-state index contributed by atoms with van der Waals surface area (Å²) in [4.78, 5) is 17.8. The van der Waals surface area contributed by atoms with Crippen molar-refractivity contribution >= 4 is 10.9 Å². The molecule has 122 valence electrons. The van der Waals surface area contributed by atoms with E-state index < -0.39 is 0 Å². The first-order valence-electron chi connectivity index (χ1n) is 8.24. The van der Waals surface area contributed by atoms with Crippen molar-refractivity contribution in [1.29, 1.82) is 0 Å². The van der Waals surface area contributed by atoms with Crippen molar-refractivity contribution in [2.45, 2.75) is 32.9 Å². The topological polar surface area (TPSA) is 44.1 Å². The molecule has 3 aromatic rings. The molecule has 4 nitrogen and oxygen atoms in total. The highest BCUT2D eigenvalue weighted by Crippen LogP contribution is 2.33. The van der Waals surface area contributed by atoms with Gasteiger partial charge in [-0.05, 0) is 29.7 Å². The highest BCUT2D eigenvalue weighted by molar-refractivity contribution is 5.83. The van der Waals surface area contributed by atoms with Crippen molar-refractivity contribution in [2.24, 2.45) is 0 Å². The number of methoxy groups -OCH3 is 1. The molecule has 1 aliphatic rings. The Morgan fingerprint density at radius 3 is 2.79 bits per heavy atom.